The van der Waals surface area contributed by atoms with Crippen molar-refractivity contribution in [2.75, 3.05) is 25.0 Å². The zero-order valence-electron chi connectivity index (χ0n) is 13.5. The number of aromatic nitrogens is 2. The van der Waals surface area contributed by atoms with Crippen LogP contribution in [-0.4, -0.2) is 45.9 Å². The van der Waals surface area contributed by atoms with Crippen LogP contribution in [-0.2, 0) is 0 Å². The van der Waals surface area contributed by atoms with E-state index in [1.165, 1.54) is 0 Å². The lowest BCUT2D eigenvalue weighted by atomic mass is 10.2. The van der Waals surface area contributed by atoms with Gasteiger partial charge in [-0.2, -0.15) is 0 Å². The Morgan fingerprint density at radius 2 is 2.00 bits per heavy atom. The second-order valence-corrected chi connectivity index (χ2v) is 5.20. The normalized spacial score (nSPS) is 10.6. The molecular weight excluding hydrogens is 296 g/mol. The van der Waals surface area contributed by atoms with Crippen molar-refractivity contribution in [1.82, 2.24) is 15.1 Å². The first-order valence-electron chi connectivity index (χ1n) is 7.71. The van der Waals surface area contributed by atoms with Crippen LogP contribution in [0.15, 0.2) is 28.7 Å². The van der Waals surface area contributed by atoms with E-state index in [0.717, 1.165) is 18.4 Å². The molecule has 2 aromatic rings. The van der Waals surface area contributed by atoms with Crippen molar-refractivity contribution < 1.29 is 14.3 Å². The number of aliphatic hydroxyl groups excluding tert-OH is 1. The number of unbranched alkanes of at least 4 members (excludes halogenated alkanes) is 1. The van der Waals surface area contributed by atoms with Gasteiger partial charge in [-0.1, -0.05) is 13.3 Å². The fourth-order valence-corrected chi connectivity index (χ4v) is 2.10. The van der Waals surface area contributed by atoms with E-state index in [-0.39, 0.29) is 12.6 Å². The van der Waals surface area contributed by atoms with Gasteiger partial charge in [0, 0.05) is 31.3 Å². The van der Waals surface area contributed by atoms with Crippen LogP contribution in [0.3, 0.4) is 0 Å². The molecule has 2 N–H and O–H groups in total. The first-order chi connectivity index (χ1) is 11.1. The Bertz CT molecular complexity index is 625. The molecule has 0 saturated carbocycles. The Balaban J connectivity index is 2.00. The van der Waals surface area contributed by atoms with Crippen molar-refractivity contribution in [3.05, 3.63) is 30.2 Å². The van der Waals surface area contributed by atoms with E-state index in [4.69, 9.17) is 9.52 Å². The lowest BCUT2D eigenvalue weighted by molar-refractivity contribution is 0.187. The van der Waals surface area contributed by atoms with Crippen LogP contribution < -0.4 is 5.32 Å². The SMILES string of the molecule is CCCCN(CCO)C(=O)Nc1ccc(-c2nnc(C)o2)cc1. The number of aliphatic hydroxyl groups is 1. The third-order valence-corrected chi connectivity index (χ3v) is 3.35. The van der Waals surface area contributed by atoms with Crippen LogP contribution in [0.4, 0.5) is 10.5 Å². The van der Waals surface area contributed by atoms with Crippen molar-refractivity contribution in [2.24, 2.45) is 0 Å². The summed E-state index contributed by atoms with van der Waals surface area (Å²) in [6, 6.07) is 6.97. The number of carbonyl (C=O) groups excluding carboxylic acids is 1. The molecule has 0 saturated heterocycles. The van der Waals surface area contributed by atoms with Crippen molar-refractivity contribution in [2.45, 2.75) is 26.7 Å². The molecular formula is C16H22N4O3. The molecule has 2 rings (SSSR count). The number of nitrogens with zero attached hydrogens (tertiary/aromatic N) is 3. The quantitative estimate of drug-likeness (QED) is 0.819. The summed E-state index contributed by atoms with van der Waals surface area (Å²) in [6.45, 7) is 4.70. The Kier molecular flexibility index (Phi) is 6.10. The highest BCUT2D eigenvalue weighted by Crippen LogP contribution is 2.20. The van der Waals surface area contributed by atoms with Gasteiger partial charge in [0.2, 0.25) is 11.8 Å². The van der Waals surface area contributed by atoms with Crippen molar-refractivity contribution in [3.63, 3.8) is 0 Å². The molecule has 0 spiro atoms. The Morgan fingerprint density at radius 1 is 1.26 bits per heavy atom. The molecule has 0 atom stereocenters. The standard InChI is InChI=1S/C16H22N4O3/c1-3-4-9-20(10-11-21)16(22)17-14-7-5-13(6-8-14)15-19-18-12(2)23-15/h5-8,21H,3-4,9-11H2,1-2H3,(H,17,22). The molecule has 0 aliphatic heterocycles. The summed E-state index contributed by atoms with van der Waals surface area (Å²) >= 11 is 0. The second kappa shape index (κ2) is 8.28. The number of anilines is 1. The van der Waals surface area contributed by atoms with Gasteiger partial charge in [-0.15, -0.1) is 10.2 Å². The topological polar surface area (TPSA) is 91.5 Å². The molecule has 0 radical (unpaired) electrons. The highest BCUT2D eigenvalue weighted by atomic mass is 16.4. The number of urea groups is 1. The number of aryl methyl sites for hydroxylation is 1. The fourth-order valence-electron chi connectivity index (χ4n) is 2.10. The molecule has 0 aliphatic carbocycles. The lowest BCUT2D eigenvalue weighted by Gasteiger charge is -2.22. The van der Waals surface area contributed by atoms with E-state index in [0.29, 0.717) is 30.6 Å². The number of hydrogen-bond acceptors (Lipinski definition) is 5. The molecule has 23 heavy (non-hydrogen) atoms. The fraction of sp³-hybridized carbons (Fsp3) is 0.438. The summed E-state index contributed by atoms with van der Waals surface area (Å²) in [5.41, 5.74) is 1.47. The average molecular weight is 318 g/mol. The summed E-state index contributed by atoms with van der Waals surface area (Å²) in [7, 11) is 0. The van der Waals surface area contributed by atoms with Crippen molar-refractivity contribution >= 4 is 11.7 Å². The molecule has 0 aliphatic rings. The molecule has 0 unspecified atom stereocenters. The van der Waals surface area contributed by atoms with Crippen molar-refractivity contribution in [3.8, 4) is 11.5 Å². The first kappa shape index (κ1) is 17.0. The Morgan fingerprint density at radius 3 is 2.57 bits per heavy atom. The number of amides is 2. The minimum Gasteiger partial charge on any atom is -0.421 e. The van der Waals surface area contributed by atoms with Gasteiger partial charge in [0.05, 0.1) is 6.61 Å². The monoisotopic (exact) mass is 318 g/mol. The summed E-state index contributed by atoms with van der Waals surface area (Å²) in [6.07, 6.45) is 1.90. The van der Waals surface area contributed by atoms with Crippen LogP contribution in [0.25, 0.3) is 11.5 Å². The predicted molar refractivity (Wildman–Crippen MR) is 87.1 cm³/mol. The number of carbonyl (C=O) groups is 1. The van der Waals surface area contributed by atoms with E-state index in [9.17, 15) is 4.79 Å². The maximum Gasteiger partial charge on any atom is 0.321 e. The summed E-state index contributed by atoms with van der Waals surface area (Å²) in [5.74, 6) is 0.957. The largest absolute Gasteiger partial charge is 0.421 e. The summed E-state index contributed by atoms with van der Waals surface area (Å²) in [5, 5.41) is 19.6. The molecule has 1 heterocycles. The van der Waals surface area contributed by atoms with Crippen LogP contribution in [0.1, 0.15) is 25.7 Å². The molecule has 1 aromatic heterocycles. The third kappa shape index (κ3) is 4.79. The predicted octanol–water partition coefficient (Wildman–Crippen LogP) is 2.67. The third-order valence-electron chi connectivity index (χ3n) is 3.35. The maximum atomic E-state index is 12.2. The van der Waals surface area contributed by atoms with Gasteiger partial charge in [0.1, 0.15) is 0 Å². The molecule has 124 valence electrons. The highest BCUT2D eigenvalue weighted by Gasteiger charge is 2.13. The van der Waals surface area contributed by atoms with Crippen LogP contribution in [0.5, 0.6) is 0 Å². The van der Waals surface area contributed by atoms with Gasteiger partial charge in [-0.3, -0.25) is 0 Å². The van der Waals surface area contributed by atoms with E-state index in [2.05, 4.69) is 22.4 Å². The van der Waals surface area contributed by atoms with Crippen molar-refractivity contribution in [1.29, 1.82) is 0 Å². The molecule has 2 amide bonds. The zero-order valence-corrected chi connectivity index (χ0v) is 13.5. The van der Waals surface area contributed by atoms with Gasteiger partial charge in [-0.05, 0) is 30.7 Å². The van der Waals surface area contributed by atoms with Gasteiger partial charge < -0.3 is 19.7 Å². The minimum absolute atomic E-state index is 0.0490. The smallest absolute Gasteiger partial charge is 0.321 e. The average Bonchev–Trinajstić information content (AvgIpc) is 2.98. The lowest BCUT2D eigenvalue weighted by Crippen LogP contribution is -2.37. The molecule has 7 heteroatoms. The summed E-state index contributed by atoms with van der Waals surface area (Å²) < 4.78 is 5.36. The second-order valence-electron chi connectivity index (χ2n) is 5.20. The maximum absolute atomic E-state index is 12.2. The molecule has 1 aromatic carbocycles. The highest BCUT2D eigenvalue weighted by molar-refractivity contribution is 5.89. The Labute approximate surface area is 135 Å². The van der Waals surface area contributed by atoms with Gasteiger partial charge in [-0.25, -0.2) is 4.79 Å². The molecule has 0 bridgehead atoms. The van der Waals surface area contributed by atoms with Crippen LogP contribution in [0.2, 0.25) is 0 Å². The van der Waals surface area contributed by atoms with Gasteiger partial charge in [0.25, 0.3) is 0 Å². The molecule has 0 fully saturated rings. The van der Waals surface area contributed by atoms with E-state index >= 15 is 0 Å². The minimum atomic E-state index is -0.214. The van der Waals surface area contributed by atoms with Gasteiger partial charge in [0.15, 0.2) is 0 Å². The van der Waals surface area contributed by atoms with Gasteiger partial charge >= 0.3 is 6.03 Å². The number of rotatable bonds is 7. The number of hydrogen-bond donors (Lipinski definition) is 2. The van der Waals surface area contributed by atoms with Crippen LogP contribution >= 0.6 is 0 Å². The number of benzene rings is 1. The van der Waals surface area contributed by atoms with E-state index < -0.39 is 0 Å². The molecule has 7 nitrogen and oxygen atoms in total. The Hall–Kier alpha value is -2.41. The number of nitrogens with one attached hydrogen (secondary N) is 1. The van der Waals surface area contributed by atoms with Crippen LogP contribution in [0, 0.1) is 6.92 Å². The first-order valence-corrected chi connectivity index (χ1v) is 7.71. The zero-order chi connectivity index (χ0) is 16.7. The van der Waals surface area contributed by atoms with E-state index in [1.807, 2.05) is 12.1 Å². The summed E-state index contributed by atoms with van der Waals surface area (Å²) in [4.78, 5) is 13.8. The van der Waals surface area contributed by atoms with E-state index in [1.54, 1.807) is 24.0 Å².